The minimum absolute atomic E-state index is 0.0685. The van der Waals surface area contributed by atoms with Gasteiger partial charge in [-0.2, -0.15) is 0 Å². The van der Waals surface area contributed by atoms with Crippen LogP contribution in [0.4, 0.5) is 0 Å². The average Bonchev–Trinajstić information content (AvgIpc) is 2.60. The predicted octanol–water partition coefficient (Wildman–Crippen LogP) is 5.54. The van der Waals surface area contributed by atoms with Gasteiger partial charge in [0.2, 0.25) is 5.91 Å². The average molecular weight is 356 g/mol. The van der Waals surface area contributed by atoms with Gasteiger partial charge >= 0.3 is 5.97 Å². The number of unbranched alkanes of at least 4 members (excludes halogenated alkanes) is 11. The van der Waals surface area contributed by atoms with Gasteiger partial charge in [0.1, 0.15) is 6.04 Å². The molecule has 0 rings (SSSR count). The van der Waals surface area contributed by atoms with Gasteiger partial charge in [0.25, 0.3) is 0 Å². The van der Waals surface area contributed by atoms with Gasteiger partial charge in [-0.1, -0.05) is 84.5 Å². The van der Waals surface area contributed by atoms with Crippen molar-refractivity contribution in [3.05, 3.63) is 0 Å². The smallest absolute Gasteiger partial charge is 0.328 e. The molecule has 0 unspecified atom stereocenters. The van der Waals surface area contributed by atoms with Gasteiger partial charge in [-0.25, -0.2) is 4.79 Å². The summed E-state index contributed by atoms with van der Waals surface area (Å²) < 4.78 is 5.24. The van der Waals surface area contributed by atoms with E-state index in [1.165, 1.54) is 57.8 Å². The summed E-state index contributed by atoms with van der Waals surface area (Å²) in [7, 11) is 0. The number of rotatable bonds is 17. The Morgan fingerprint density at radius 1 is 0.760 bits per heavy atom. The van der Waals surface area contributed by atoms with E-state index in [4.69, 9.17) is 4.74 Å². The molecule has 0 bridgehead atoms. The van der Waals surface area contributed by atoms with Crippen LogP contribution >= 0.6 is 0 Å². The maximum atomic E-state index is 11.8. The molecular weight excluding hydrogens is 314 g/mol. The van der Waals surface area contributed by atoms with Crippen LogP contribution in [0.15, 0.2) is 0 Å². The Bertz CT molecular complexity index is 331. The van der Waals surface area contributed by atoms with Crippen LogP contribution in [-0.2, 0) is 14.3 Å². The van der Waals surface area contributed by atoms with Crippen LogP contribution in [-0.4, -0.2) is 24.5 Å². The zero-order valence-corrected chi connectivity index (χ0v) is 16.9. The topological polar surface area (TPSA) is 55.4 Å². The Labute approximate surface area is 155 Å². The van der Waals surface area contributed by atoms with E-state index < -0.39 is 6.04 Å². The molecule has 25 heavy (non-hydrogen) atoms. The summed E-state index contributed by atoms with van der Waals surface area (Å²) in [5.74, 6) is -0.391. The molecule has 148 valence electrons. The summed E-state index contributed by atoms with van der Waals surface area (Å²) >= 11 is 0. The highest BCUT2D eigenvalue weighted by Crippen LogP contribution is 2.11. The van der Waals surface area contributed by atoms with E-state index in [0.29, 0.717) is 13.0 Å². The van der Waals surface area contributed by atoms with Crippen LogP contribution in [0, 0.1) is 0 Å². The first kappa shape index (κ1) is 23.9. The fourth-order valence-corrected chi connectivity index (χ4v) is 2.77. The van der Waals surface area contributed by atoms with Gasteiger partial charge in [0, 0.05) is 6.42 Å². The number of esters is 1. The van der Waals surface area contributed by atoms with E-state index in [2.05, 4.69) is 12.2 Å². The molecule has 0 aromatic rings. The molecule has 0 fully saturated rings. The molecule has 0 aliphatic carbocycles. The third kappa shape index (κ3) is 16.2. The molecule has 1 amide bonds. The standard InChI is InChI=1S/C21H41NO3/c1-4-6-8-9-10-11-12-13-14-15-16-18-25-21(24)19(3)22-20(23)17-7-5-2/h19H,4-18H2,1-3H3,(H,22,23)/t19-/m0/s1. The molecule has 0 aliphatic heterocycles. The Kier molecular flexibility index (Phi) is 17.0. The Hall–Kier alpha value is -1.06. The van der Waals surface area contributed by atoms with E-state index in [-0.39, 0.29) is 11.9 Å². The Morgan fingerprint density at radius 2 is 1.24 bits per heavy atom. The van der Waals surface area contributed by atoms with Crippen molar-refractivity contribution in [2.24, 2.45) is 0 Å². The molecule has 0 aromatic heterocycles. The first-order chi connectivity index (χ1) is 12.1. The van der Waals surface area contributed by atoms with Crippen LogP contribution in [0.5, 0.6) is 0 Å². The highest BCUT2D eigenvalue weighted by molar-refractivity contribution is 5.84. The maximum absolute atomic E-state index is 11.8. The lowest BCUT2D eigenvalue weighted by Crippen LogP contribution is -2.39. The summed E-state index contributed by atoms with van der Waals surface area (Å²) in [4.78, 5) is 23.4. The lowest BCUT2D eigenvalue weighted by molar-refractivity contribution is -0.147. The third-order valence-corrected chi connectivity index (χ3v) is 4.48. The van der Waals surface area contributed by atoms with Crippen molar-refractivity contribution in [1.29, 1.82) is 0 Å². The lowest BCUT2D eigenvalue weighted by Gasteiger charge is -2.13. The van der Waals surface area contributed by atoms with Crippen LogP contribution in [0.2, 0.25) is 0 Å². The summed E-state index contributed by atoms with van der Waals surface area (Å²) in [6.45, 7) is 6.44. The van der Waals surface area contributed by atoms with Crippen LogP contribution in [0.3, 0.4) is 0 Å². The number of hydrogen-bond acceptors (Lipinski definition) is 3. The second kappa shape index (κ2) is 17.8. The van der Waals surface area contributed by atoms with Crippen molar-refractivity contribution < 1.29 is 14.3 Å². The predicted molar refractivity (Wildman–Crippen MR) is 105 cm³/mol. The molecule has 0 aromatic carbocycles. The summed E-state index contributed by atoms with van der Waals surface area (Å²) in [6, 6.07) is -0.544. The van der Waals surface area contributed by atoms with Crippen LogP contribution in [0.1, 0.15) is 111 Å². The normalized spacial score (nSPS) is 12.0. The van der Waals surface area contributed by atoms with Gasteiger partial charge in [-0.3, -0.25) is 4.79 Å². The van der Waals surface area contributed by atoms with Gasteiger partial charge in [-0.05, 0) is 19.8 Å². The Morgan fingerprint density at radius 3 is 1.76 bits per heavy atom. The molecule has 0 aliphatic rings. The van der Waals surface area contributed by atoms with E-state index in [1.807, 2.05) is 6.92 Å². The molecule has 0 spiro atoms. The highest BCUT2D eigenvalue weighted by Gasteiger charge is 2.16. The third-order valence-electron chi connectivity index (χ3n) is 4.48. The molecule has 4 heteroatoms. The molecule has 1 N–H and O–H groups in total. The molecular formula is C21H41NO3. The van der Waals surface area contributed by atoms with Gasteiger partial charge in [0.05, 0.1) is 6.61 Å². The largest absolute Gasteiger partial charge is 0.464 e. The fourth-order valence-electron chi connectivity index (χ4n) is 2.77. The summed E-state index contributed by atoms with van der Waals surface area (Å²) in [5.41, 5.74) is 0. The van der Waals surface area contributed by atoms with Crippen LogP contribution in [0.25, 0.3) is 0 Å². The number of hydrogen-bond donors (Lipinski definition) is 1. The summed E-state index contributed by atoms with van der Waals surface area (Å²) in [5, 5.41) is 2.69. The monoisotopic (exact) mass is 355 g/mol. The second-order valence-corrected chi connectivity index (χ2v) is 7.10. The Balaban J connectivity index is 3.40. The van der Waals surface area contributed by atoms with E-state index in [9.17, 15) is 9.59 Å². The number of carbonyl (C=O) groups is 2. The van der Waals surface area contributed by atoms with Gasteiger partial charge < -0.3 is 10.1 Å². The van der Waals surface area contributed by atoms with Crippen molar-refractivity contribution >= 4 is 11.9 Å². The quantitative estimate of drug-likeness (QED) is 0.275. The summed E-state index contributed by atoms with van der Waals surface area (Å²) in [6.07, 6.45) is 16.4. The molecule has 0 saturated heterocycles. The van der Waals surface area contributed by atoms with Crippen molar-refractivity contribution in [3.8, 4) is 0 Å². The zero-order chi connectivity index (χ0) is 18.8. The number of ether oxygens (including phenoxy) is 1. The zero-order valence-electron chi connectivity index (χ0n) is 16.9. The second-order valence-electron chi connectivity index (χ2n) is 7.10. The fraction of sp³-hybridized carbons (Fsp3) is 0.905. The van der Waals surface area contributed by atoms with Gasteiger partial charge in [0.15, 0.2) is 0 Å². The molecule has 0 saturated carbocycles. The van der Waals surface area contributed by atoms with E-state index >= 15 is 0 Å². The molecule has 4 nitrogen and oxygen atoms in total. The van der Waals surface area contributed by atoms with E-state index in [0.717, 1.165) is 25.7 Å². The number of nitrogens with one attached hydrogen (secondary N) is 1. The minimum atomic E-state index is -0.544. The maximum Gasteiger partial charge on any atom is 0.328 e. The molecule has 0 heterocycles. The first-order valence-electron chi connectivity index (χ1n) is 10.6. The molecule has 1 atom stereocenters. The van der Waals surface area contributed by atoms with Gasteiger partial charge in [-0.15, -0.1) is 0 Å². The number of carbonyl (C=O) groups excluding carboxylic acids is 2. The number of amides is 1. The van der Waals surface area contributed by atoms with Crippen LogP contribution < -0.4 is 5.32 Å². The SMILES string of the molecule is CCCCCCCCCCCCCOC(=O)[C@H](C)NC(=O)CCCC. The minimum Gasteiger partial charge on any atom is -0.464 e. The highest BCUT2D eigenvalue weighted by atomic mass is 16.5. The van der Waals surface area contributed by atoms with Crippen molar-refractivity contribution in [1.82, 2.24) is 5.32 Å². The lowest BCUT2D eigenvalue weighted by atomic mass is 10.1. The molecule has 0 radical (unpaired) electrons. The van der Waals surface area contributed by atoms with Crippen molar-refractivity contribution in [2.75, 3.05) is 6.61 Å². The van der Waals surface area contributed by atoms with Crippen molar-refractivity contribution in [3.63, 3.8) is 0 Å². The van der Waals surface area contributed by atoms with Crippen molar-refractivity contribution in [2.45, 2.75) is 117 Å². The first-order valence-corrected chi connectivity index (χ1v) is 10.6. The van der Waals surface area contributed by atoms with E-state index in [1.54, 1.807) is 6.92 Å².